The number of rotatable bonds is 4. The van der Waals surface area contributed by atoms with E-state index in [-0.39, 0.29) is 12.5 Å². The molecule has 18 heavy (non-hydrogen) atoms. The van der Waals surface area contributed by atoms with Crippen molar-refractivity contribution in [1.29, 1.82) is 0 Å². The van der Waals surface area contributed by atoms with Crippen LogP contribution in [0.1, 0.15) is 5.56 Å². The molecule has 1 saturated heterocycles. The largest absolute Gasteiger partial charge is 0.484 e. The predicted molar refractivity (Wildman–Crippen MR) is 71.5 cm³/mol. The molecule has 1 N–H and O–H groups in total. The van der Waals surface area contributed by atoms with E-state index in [9.17, 15) is 4.79 Å². The van der Waals surface area contributed by atoms with Crippen LogP contribution in [0, 0.1) is 0 Å². The second kappa shape index (κ2) is 6.21. The van der Waals surface area contributed by atoms with E-state index in [4.69, 9.17) is 4.74 Å². The number of hydrogen-bond donors (Lipinski definition) is 1. The highest BCUT2D eigenvalue weighted by atomic mass is 16.5. The standard InChI is InChI=1S/C14H18N2O2/c1-2-12-4-3-5-13(10-12)18-11-14(17)16-8-6-15-7-9-16/h2-5,10,15H,1,6-9,11H2. The van der Waals surface area contributed by atoms with Crippen molar-refractivity contribution < 1.29 is 9.53 Å². The molecule has 0 unspecified atom stereocenters. The minimum atomic E-state index is 0.0421. The summed E-state index contributed by atoms with van der Waals surface area (Å²) in [4.78, 5) is 13.7. The number of ether oxygens (including phenoxy) is 1. The highest BCUT2D eigenvalue weighted by Crippen LogP contribution is 2.14. The first-order valence-corrected chi connectivity index (χ1v) is 6.13. The SMILES string of the molecule is C=Cc1cccc(OCC(=O)N2CCNCC2)c1. The Labute approximate surface area is 107 Å². The lowest BCUT2D eigenvalue weighted by molar-refractivity contribution is -0.133. The van der Waals surface area contributed by atoms with Gasteiger partial charge in [-0.1, -0.05) is 24.8 Å². The van der Waals surface area contributed by atoms with Gasteiger partial charge < -0.3 is 15.0 Å². The van der Waals surface area contributed by atoms with E-state index in [0.717, 1.165) is 31.7 Å². The van der Waals surface area contributed by atoms with Crippen molar-refractivity contribution in [3.05, 3.63) is 36.4 Å². The van der Waals surface area contributed by atoms with Gasteiger partial charge in [0, 0.05) is 26.2 Å². The summed E-state index contributed by atoms with van der Waals surface area (Å²) >= 11 is 0. The molecule has 1 aliphatic heterocycles. The summed E-state index contributed by atoms with van der Waals surface area (Å²) in [5.74, 6) is 0.747. The van der Waals surface area contributed by atoms with Gasteiger partial charge in [0.15, 0.2) is 6.61 Å². The number of amides is 1. The zero-order valence-corrected chi connectivity index (χ0v) is 10.4. The van der Waals surface area contributed by atoms with Gasteiger partial charge in [-0.3, -0.25) is 4.79 Å². The van der Waals surface area contributed by atoms with Crippen molar-refractivity contribution >= 4 is 12.0 Å². The summed E-state index contributed by atoms with van der Waals surface area (Å²) in [5, 5.41) is 3.21. The molecule has 2 rings (SSSR count). The van der Waals surface area contributed by atoms with E-state index in [2.05, 4.69) is 11.9 Å². The van der Waals surface area contributed by atoms with Crippen molar-refractivity contribution in [3.8, 4) is 5.75 Å². The summed E-state index contributed by atoms with van der Waals surface area (Å²) in [6.45, 7) is 7.04. The van der Waals surface area contributed by atoms with Crippen LogP contribution < -0.4 is 10.1 Å². The second-order valence-corrected chi connectivity index (χ2v) is 4.20. The van der Waals surface area contributed by atoms with Gasteiger partial charge in [-0.2, -0.15) is 0 Å². The average molecular weight is 246 g/mol. The number of hydrogen-bond acceptors (Lipinski definition) is 3. The van der Waals surface area contributed by atoms with Crippen LogP contribution in [0.25, 0.3) is 6.08 Å². The predicted octanol–water partition coefficient (Wildman–Crippen LogP) is 1.14. The summed E-state index contributed by atoms with van der Waals surface area (Å²) in [7, 11) is 0. The molecular formula is C14H18N2O2. The van der Waals surface area contributed by atoms with Crippen LogP contribution in [-0.4, -0.2) is 43.6 Å². The maximum Gasteiger partial charge on any atom is 0.260 e. The fourth-order valence-electron chi connectivity index (χ4n) is 1.88. The van der Waals surface area contributed by atoms with E-state index in [0.29, 0.717) is 5.75 Å². The molecule has 1 aromatic rings. The monoisotopic (exact) mass is 246 g/mol. The van der Waals surface area contributed by atoms with Crippen LogP contribution in [0.4, 0.5) is 0 Å². The highest BCUT2D eigenvalue weighted by Gasteiger charge is 2.16. The van der Waals surface area contributed by atoms with Gasteiger partial charge in [-0.25, -0.2) is 0 Å². The lowest BCUT2D eigenvalue weighted by Gasteiger charge is -2.27. The third-order valence-corrected chi connectivity index (χ3v) is 2.93. The molecule has 0 aromatic heterocycles. The topological polar surface area (TPSA) is 41.6 Å². The first kappa shape index (κ1) is 12.6. The number of piperazine rings is 1. The smallest absolute Gasteiger partial charge is 0.260 e. The Morgan fingerprint density at radius 2 is 2.22 bits per heavy atom. The van der Waals surface area contributed by atoms with Crippen molar-refractivity contribution in [1.82, 2.24) is 10.2 Å². The molecule has 4 nitrogen and oxygen atoms in total. The fraction of sp³-hybridized carbons (Fsp3) is 0.357. The highest BCUT2D eigenvalue weighted by molar-refractivity contribution is 5.77. The minimum absolute atomic E-state index is 0.0421. The average Bonchev–Trinajstić information content (AvgIpc) is 2.46. The van der Waals surface area contributed by atoms with E-state index >= 15 is 0 Å². The number of nitrogens with zero attached hydrogens (tertiary/aromatic N) is 1. The molecule has 0 radical (unpaired) electrons. The van der Waals surface area contributed by atoms with E-state index in [1.807, 2.05) is 29.2 Å². The molecule has 1 heterocycles. The van der Waals surface area contributed by atoms with Crippen LogP contribution in [0.15, 0.2) is 30.8 Å². The summed E-state index contributed by atoms with van der Waals surface area (Å²) in [6.07, 6.45) is 1.75. The molecule has 0 saturated carbocycles. The molecule has 0 bridgehead atoms. The summed E-state index contributed by atoms with van der Waals surface area (Å²) in [6, 6.07) is 7.55. The third-order valence-electron chi connectivity index (χ3n) is 2.93. The van der Waals surface area contributed by atoms with E-state index in [1.165, 1.54) is 0 Å². The third kappa shape index (κ3) is 3.34. The van der Waals surface area contributed by atoms with Gasteiger partial charge in [-0.15, -0.1) is 0 Å². The zero-order chi connectivity index (χ0) is 12.8. The fourth-order valence-corrected chi connectivity index (χ4v) is 1.88. The maximum atomic E-state index is 11.9. The molecular weight excluding hydrogens is 228 g/mol. The van der Waals surface area contributed by atoms with Crippen molar-refractivity contribution in [3.63, 3.8) is 0 Å². The number of benzene rings is 1. The zero-order valence-electron chi connectivity index (χ0n) is 10.4. The lowest BCUT2D eigenvalue weighted by Crippen LogP contribution is -2.47. The van der Waals surface area contributed by atoms with Gasteiger partial charge in [0.05, 0.1) is 0 Å². The lowest BCUT2D eigenvalue weighted by atomic mass is 10.2. The quantitative estimate of drug-likeness (QED) is 0.866. The summed E-state index contributed by atoms with van der Waals surface area (Å²) in [5.41, 5.74) is 0.988. The molecule has 96 valence electrons. The molecule has 0 aliphatic carbocycles. The Morgan fingerprint density at radius 1 is 1.44 bits per heavy atom. The first-order valence-electron chi connectivity index (χ1n) is 6.13. The van der Waals surface area contributed by atoms with Gasteiger partial charge in [0.1, 0.15) is 5.75 Å². The molecule has 0 atom stereocenters. The molecule has 1 aromatic carbocycles. The van der Waals surface area contributed by atoms with Gasteiger partial charge in [0.2, 0.25) is 0 Å². The van der Waals surface area contributed by atoms with Crippen LogP contribution in [0.2, 0.25) is 0 Å². The number of carbonyl (C=O) groups excluding carboxylic acids is 1. The van der Waals surface area contributed by atoms with E-state index in [1.54, 1.807) is 6.08 Å². The van der Waals surface area contributed by atoms with Crippen LogP contribution in [-0.2, 0) is 4.79 Å². The Kier molecular flexibility index (Phi) is 4.36. The Bertz CT molecular complexity index is 426. The Hall–Kier alpha value is -1.81. The second-order valence-electron chi connectivity index (χ2n) is 4.20. The maximum absolute atomic E-state index is 11.9. The number of carbonyl (C=O) groups is 1. The van der Waals surface area contributed by atoms with Gasteiger partial charge >= 0.3 is 0 Å². The number of nitrogens with one attached hydrogen (secondary N) is 1. The van der Waals surface area contributed by atoms with Crippen molar-refractivity contribution in [2.24, 2.45) is 0 Å². The van der Waals surface area contributed by atoms with Crippen molar-refractivity contribution in [2.45, 2.75) is 0 Å². The van der Waals surface area contributed by atoms with Crippen LogP contribution in [0.5, 0.6) is 5.75 Å². The minimum Gasteiger partial charge on any atom is -0.484 e. The van der Waals surface area contributed by atoms with Gasteiger partial charge in [-0.05, 0) is 17.7 Å². The Balaban J connectivity index is 1.86. The van der Waals surface area contributed by atoms with E-state index < -0.39 is 0 Å². The first-order chi connectivity index (χ1) is 8.79. The van der Waals surface area contributed by atoms with Gasteiger partial charge in [0.25, 0.3) is 5.91 Å². The van der Waals surface area contributed by atoms with Crippen LogP contribution in [0.3, 0.4) is 0 Å². The Morgan fingerprint density at radius 3 is 2.94 bits per heavy atom. The normalized spacial score (nSPS) is 15.2. The molecule has 1 amide bonds. The molecule has 0 spiro atoms. The van der Waals surface area contributed by atoms with Crippen molar-refractivity contribution in [2.75, 3.05) is 32.8 Å². The molecule has 1 aliphatic rings. The summed E-state index contributed by atoms with van der Waals surface area (Å²) < 4.78 is 5.50. The molecule has 1 fully saturated rings. The molecule has 4 heteroatoms. The van der Waals surface area contributed by atoms with Crippen LogP contribution >= 0.6 is 0 Å².